The minimum absolute atomic E-state index is 0.0285. The highest BCUT2D eigenvalue weighted by molar-refractivity contribution is 6.51. The molecule has 188 valence electrons. The summed E-state index contributed by atoms with van der Waals surface area (Å²) in [7, 11) is 1.53. The molecule has 1 N–H and O–H groups in total. The minimum atomic E-state index is -0.895. The van der Waals surface area contributed by atoms with Gasteiger partial charge in [0.1, 0.15) is 17.3 Å². The van der Waals surface area contributed by atoms with E-state index in [1.165, 1.54) is 12.0 Å². The van der Waals surface area contributed by atoms with Gasteiger partial charge in [0.15, 0.2) is 0 Å². The second-order valence-electron chi connectivity index (χ2n) is 8.68. The lowest BCUT2D eigenvalue weighted by Crippen LogP contribution is -2.29. The number of aliphatic hydroxyl groups excluding tert-OH is 1. The number of carbonyl (C=O) groups is 2. The van der Waals surface area contributed by atoms with Gasteiger partial charge in [0.25, 0.3) is 11.7 Å². The number of methoxy groups -OCH3 is 1. The van der Waals surface area contributed by atoms with Crippen molar-refractivity contribution in [2.24, 2.45) is 0 Å². The molecule has 0 aromatic heterocycles. The molecule has 1 saturated heterocycles. The van der Waals surface area contributed by atoms with Gasteiger partial charge in [-0.15, -0.1) is 0 Å². The third-order valence-electron chi connectivity index (χ3n) is 6.27. The SMILES string of the molecule is CCCCCOc1ccc(/C(O)=C2/C(=O)C(=O)N(c3ccc(C#N)cc3)C2c2cccc(OC)c2)cc1. The van der Waals surface area contributed by atoms with Crippen LogP contribution in [0.1, 0.15) is 48.9 Å². The van der Waals surface area contributed by atoms with Crippen LogP contribution in [0, 0.1) is 11.3 Å². The fourth-order valence-electron chi connectivity index (χ4n) is 4.33. The van der Waals surface area contributed by atoms with Crippen LogP contribution in [0.2, 0.25) is 0 Å². The first kappa shape index (κ1) is 25.5. The molecule has 1 unspecified atom stereocenters. The summed E-state index contributed by atoms with van der Waals surface area (Å²) in [5.74, 6) is -0.633. The lowest BCUT2D eigenvalue weighted by Gasteiger charge is -2.25. The summed E-state index contributed by atoms with van der Waals surface area (Å²) in [6.07, 6.45) is 3.14. The van der Waals surface area contributed by atoms with Crippen LogP contribution in [0.15, 0.2) is 78.4 Å². The molecule has 3 aromatic carbocycles. The van der Waals surface area contributed by atoms with Crippen LogP contribution < -0.4 is 14.4 Å². The van der Waals surface area contributed by atoms with Crippen molar-refractivity contribution < 1.29 is 24.2 Å². The third-order valence-corrected chi connectivity index (χ3v) is 6.27. The van der Waals surface area contributed by atoms with E-state index in [2.05, 4.69) is 6.92 Å². The molecule has 1 aliphatic rings. The van der Waals surface area contributed by atoms with Gasteiger partial charge in [0.05, 0.1) is 37.0 Å². The molecule has 7 heteroatoms. The maximum Gasteiger partial charge on any atom is 0.300 e. The number of rotatable bonds is 9. The Balaban J connectivity index is 1.77. The number of unbranched alkanes of at least 4 members (excludes halogenated alkanes) is 2. The van der Waals surface area contributed by atoms with E-state index in [9.17, 15) is 14.7 Å². The van der Waals surface area contributed by atoms with Crippen LogP contribution in [0.5, 0.6) is 11.5 Å². The average molecular weight is 497 g/mol. The van der Waals surface area contributed by atoms with Crippen molar-refractivity contribution in [3.8, 4) is 17.6 Å². The maximum atomic E-state index is 13.3. The van der Waals surface area contributed by atoms with Gasteiger partial charge in [0, 0.05) is 11.3 Å². The first-order valence-electron chi connectivity index (χ1n) is 12.2. The van der Waals surface area contributed by atoms with Crippen molar-refractivity contribution in [2.75, 3.05) is 18.6 Å². The Morgan fingerprint density at radius 3 is 2.38 bits per heavy atom. The first-order valence-corrected chi connectivity index (χ1v) is 12.2. The maximum absolute atomic E-state index is 13.3. The quantitative estimate of drug-likeness (QED) is 0.175. The Bertz CT molecular complexity index is 1350. The van der Waals surface area contributed by atoms with E-state index >= 15 is 0 Å². The summed E-state index contributed by atoms with van der Waals surface area (Å²) in [5.41, 5.74) is 1.82. The lowest BCUT2D eigenvalue weighted by molar-refractivity contribution is -0.132. The summed E-state index contributed by atoms with van der Waals surface area (Å²) in [4.78, 5) is 27.9. The number of nitriles is 1. The van der Waals surface area contributed by atoms with Crippen LogP contribution >= 0.6 is 0 Å². The zero-order chi connectivity index (χ0) is 26.4. The molecule has 1 aliphatic heterocycles. The standard InChI is InChI=1S/C30H28N2O5/c1-3-4-5-17-37-24-15-11-21(12-16-24)28(33)26-27(22-7-6-8-25(18-22)36-2)32(30(35)29(26)34)23-13-9-20(19-31)10-14-23/h6-16,18,27,33H,3-5,17H2,1-2H3/b28-26-. The third kappa shape index (κ3) is 5.34. The van der Waals surface area contributed by atoms with Crippen molar-refractivity contribution in [2.45, 2.75) is 32.2 Å². The second kappa shape index (κ2) is 11.4. The Labute approximate surface area is 216 Å². The molecule has 1 heterocycles. The van der Waals surface area contributed by atoms with Gasteiger partial charge in [-0.2, -0.15) is 5.26 Å². The predicted molar refractivity (Wildman–Crippen MR) is 140 cm³/mol. The summed E-state index contributed by atoms with van der Waals surface area (Å²) >= 11 is 0. The van der Waals surface area contributed by atoms with Gasteiger partial charge in [-0.1, -0.05) is 31.9 Å². The summed E-state index contributed by atoms with van der Waals surface area (Å²) < 4.78 is 11.1. The zero-order valence-corrected chi connectivity index (χ0v) is 20.8. The summed E-state index contributed by atoms with van der Waals surface area (Å²) in [6, 6.07) is 21.4. The second-order valence-corrected chi connectivity index (χ2v) is 8.68. The minimum Gasteiger partial charge on any atom is -0.507 e. The lowest BCUT2D eigenvalue weighted by atomic mass is 9.95. The van der Waals surface area contributed by atoms with Crippen LogP contribution in [-0.4, -0.2) is 30.5 Å². The fraction of sp³-hybridized carbons (Fsp3) is 0.233. The molecule has 3 aromatic rings. The van der Waals surface area contributed by atoms with Crippen molar-refractivity contribution >= 4 is 23.1 Å². The van der Waals surface area contributed by atoms with Crippen LogP contribution in [0.4, 0.5) is 5.69 Å². The average Bonchev–Trinajstić information content (AvgIpc) is 3.21. The molecule has 37 heavy (non-hydrogen) atoms. The topological polar surface area (TPSA) is 99.9 Å². The van der Waals surface area contributed by atoms with Crippen LogP contribution in [0.25, 0.3) is 5.76 Å². The first-order chi connectivity index (χ1) is 18.0. The molecular weight excluding hydrogens is 468 g/mol. The number of ether oxygens (including phenoxy) is 2. The molecule has 0 bridgehead atoms. The number of hydrogen-bond donors (Lipinski definition) is 1. The predicted octanol–water partition coefficient (Wildman–Crippen LogP) is 5.76. The molecule has 1 fully saturated rings. The molecule has 0 radical (unpaired) electrons. The van der Waals surface area contributed by atoms with E-state index < -0.39 is 17.7 Å². The highest BCUT2D eigenvalue weighted by Gasteiger charge is 2.47. The monoisotopic (exact) mass is 496 g/mol. The van der Waals surface area contributed by atoms with E-state index in [4.69, 9.17) is 14.7 Å². The number of carbonyl (C=O) groups excluding carboxylic acids is 2. The molecule has 0 spiro atoms. The van der Waals surface area contributed by atoms with E-state index in [-0.39, 0.29) is 11.3 Å². The van der Waals surface area contributed by atoms with Crippen molar-refractivity contribution in [3.63, 3.8) is 0 Å². The van der Waals surface area contributed by atoms with Gasteiger partial charge in [-0.3, -0.25) is 14.5 Å². The smallest absolute Gasteiger partial charge is 0.300 e. The molecular formula is C30H28N2O5. The molecule has 1 atom stereocenters. The number of ketones is 1. The van der Waals surface area contributed by atoms with E-state index in [0.29, 0.717) is 40.5 Å². The highest BCUT2D eigenvalue weighted by Crippen LogP contribution is 2.43. The number of hydrogen-bond acceptors (Lipinski definition) is 6. The Kier molecular flexibility index (Phi) is 7.89. The number of anilines is 1. The largest absolute Gasteiger partial charge is 0.507 e. The van der Waals surface area contributed by atoms with Crippen molar-refractivity contribution in [1.29, 1.82) is 5.26 Å². The summed E-state index contributed by atoms with van der Waals surface area (Å²) in [5, 5.41) is 20.5. The normalized spacial score (nSPS) is 16.5. The van der Waals surface area contributed by atoms with Gasteiger partial charge in [-0.25, -0.2) is 0 Å². The molecule has 0 aliphatic carbocycles. The number of nitrogens with zero attached hydrogens (tertiary/aromatic N) is 2. The van der Waals surface area contributed by atoms with Crippen molar-refractivity contribution in [1.82, 2.24) is 0 Å². The number of aliphatic hydroxyl groups is 1. The van der Waals surface area contributed by atoms with E-state index in [1.54, 1.807) is 72.8 Å². The van der Waals surface area contributed by atoms with E-state index in [1.807, 2.05) is 6.07 Å². The van der Waals surface area contributed by atoms with Gasteiger partial charge < -0.3 is 14.6 Å². The van der Waals surface area contributed by atoms with E-state index in [0.717, 1.165) is 19.3 Å². The number of Topliss-reactive ketones (excluding diaryl/α,β-unsaturated/α-hetero) is 1. The van der Waals surface area contributed by atoms with Crippen LogP contribution in [0.3, 0.4) is 0 Å². The summed E-state index contributed by atoms with van der Waals surface area (Å²) in [6.45, 7) is 2.73. The fourth-order valence-corrected chi connectivity index (χ4v) is 4.33. The molecule has 7 nitrogen and oxygen atoms in total. The van der Waals surface area contributed by atoms with Crippen LogP contribution in [-0.2, 0) is 9.59 Å². The Morgan fingerprint density at radius 2 is 1.73 bits per heavy atom. The van der Waals surface area contributed by atoms with Gasteiger partial charge in [0.2, 0.25) is 0 Å². The molecule has 0 saturated carbocycles. The molecule has 4 rings (SSSR count). The highest BCUT2D eigenvalue weighted by atomic mass is 16.5. The Hall–Kier alpha value is -4.57. The van der Waals surface area contributed by atoms with Crippen molar-refractivity contribution in [3.05, 3.63) is 95.1 Å². The van der Waals surface area contributed by atoms with Gasteiger partial charge in [-0.05, 0) is 72.6 Å². The molecule has 1 amide bonds. The van der Waals surface area contributed by atoms with Gasteiger partial charge >= 0.3 is 0 Å². The number of benzene rings is 3. The zero-order valence-electron chi connectivity index (χ0n) is 20.8. The Morgan fingerprint density at radius 1 is 1.00 bits per heavy atom. The number of amides is 1.